The van der Waals surface area contributed by atoms with Gasteiger partial charge in [-0.2, -0.15) is 0 Å². The zero-order chi connectivity index (χ0) is 41.2. The smallest absolute Gasteiger partial charge is 0.305 e. The molecule has 0 radical (unpaired) electrons. The first-order chi connectivity index (χ1) is 27.3. The number of amides is 2. The highest BCUT2D eigenvalue weighted by Gasteiger charge is 2.14. The fraction of sp³-hybridized carbons (Fsp3) is 0.870. The summed E-state index contributed by atoms with van der Waals surface area (Å²) in [6, 6.07) is 0. The van der Waals surface area contributed by atoms with Crippen LogP contribution in [0.2, 0.25) is 0 Å². The summed E-state index contributed by atoms with van der Waals surface area (Å²) in [5, 5.41) is 2.71. The van der Waals surface area contributed by atoms with E-state index in [4.69, 9.17) is 14.2 Å². The second kappa shape index (κ2) is 42.2. The van der Waals surface area contributed by atoms with Crippen molar-refractivity contribution in [2.75, 3.05) is 66.7 Å². The van der Waals surface area contributed by atoms with Crippen LogP contribution in [0.3, 0.4) is 0 Å². The lowest BCUT2D eigenvalue weighted by molar-refractivity contribution is -0.146. The molecular weight excluding hydrogens is 707 g/mol. The number of likely N-dealkylation sites (N-methyl/N-ethyl adjacent to an activating group) is 1. The maximum Gasteiger partial charge on any atom is 0.305 e. The van der Waals surface area contributed by atoms with Crippen LogP contribution >= 0.6 is 0 Å². The van der Waals surface area contributed by atoms with Crippen LogP contribution < -0.4 is 5.32 Å². The van der Waals surface area contributed by atoms with Gasteiger partial charge in [-0.25, -0.2) is 0 Å². The largest absolute Gasteiger partial charge is 0.464 e. The number of carbonyl (C=O) groups is 4. The molecular formula is C46H87N3O7. The average molecular weight is 794 g/mol. The number of nitrogens with zero attached hydrogens (tertiary/aromatic N) is 2. The monoisotopic (exact) mass is 794 g/mol. The molecule has 0 spiro atoms. The maximum absolute atomic E-state index is 13.0. The van der Waals surface area contributed by atoms with Crippen LogP contribution in [0.15, 0.2) is 12.2 Å². The minimum absolute atomic E-state index is 0.0419. The molecule has 0 rings (SSSR count). The number of unbranched alkanes of at least 4 members (excludes halogenated alkanes) is 24. The molecule has 0 aromatic rings. The van der Waals surface area contributed by atoms with E-state index in [0.717, 1.165) is 45.1 Å². The quantitative estimate of drug-likeness (QED) is 0.0369. The summed E-state index contributed by atoms with van der Waals surface area (Å²) in [6.07, 6.45) is 35.4. The van der Waals surface area contributed by atoms with Gasteiger partial charge in [0.05, 0.1) is 26.3 Å². The lowest BCUT2D eigenvalue weighted by Gasteiger charge is -2.21. The van der Waals surface area contributed by atoms with E-state index >= 15 is 0 Å². The van der Waals surface area contributed by atoms with Crippen LogP contribution in [0.25, 0.3) is 0 Å². The van der Waals surface area contributed by atoms with E-state index in [0.29, 0.717) is 32.6 Å². The SMILES string of the molecule is CCCCCCCCCCCCCCCC(=O)OCCN(CCOC(=O)CCCCCCCCCCCCCCC)C(=O)C=CC(=O)NCCOCCN(C)C. The third-order valence-electron chi connectivity index (χ3n) is 10.1. The summed E-state index contributed by atoms with van der Waals surface area (Å²) in [6.45, 7) is 6.95. The van der Waals surface area contributed by atoms with Gasteiger partial charge in [0.2, 0.25) is 11.8 Å². The normalized spacial score (nSPS) is 11.4. The van der Waals surface area contributed by atoms with E-state index < -0.39 is 11.8 Å². The predicted molar refractivity (Wildman–Crippen MR) is 231 cm³/mol. The Kier molecular flexibility index (Phi) is 40.3. The number of hydrogen-bond acceptors (Lipinski definition) is 8. The van der Waals surface area contributed by atoms with E-state index in [2.05, 4.69) is 19.2 Å². The Balaban J connectivity index is 4.43. The van der Waals surface area contributed by atoms with E-state index in [-0.39, 0.29) is 38.2 Å². The van der Waals surface area contributed by atoms with Gasteiger partial charge in [-0.3, -0.25) is 19.2 Å². The molecule has 0 saturated carbocycles. The number of carbonyl (C=O) groups excluding carboxylic acids is 4. The minimum Gasteiger partial charge on any atom is -0.464 e. The first-order valence-corrected chi connectivity index (χ1v) is 23.1. The van der Waals surface area contributed by atoms with E-state index in [1.165, 1.54) is 145 Å². The molecule has 0 unspecified atom stereocenters. The van der Waals surface area contributed by atoms with Crippen LogP contribution in [0.5, 0.6) is 0 Å². The van der Waals surface area contributed by atoms with Crippen molar-refractivity contribution in [3.05, 3.63) is 12.2 Å². The highest BCUT2D eigenvalue weighted by molar-refractivity contribution is 5.96. The molecule has 56 heavy (non-hydrogen) atoms. The molecule has 1 N–H and O–H groups in total. The summed E-state index contributed by atoms with van der Waals surface area (Å²) in [5.74, 6) is -1.36. The third kappa shape index (κ3) is 39.8. The first kappa shape index (κ1) is 53.5. The number of nitrogens with one attached hydrogen (secondary N) is 1. The molecule has 0 aliphatic carbocycles. The Morgan fingerprint density at radius 1 is 0.464 bits per heavy atom. The number of rotatable bonds is 42. The van der Waals surface area contributed by atoms with Crippen molar-refractivity contribution < 1.29 is 33.4 Å². The van der Waals surface area contributed by atoms with Gasteiger partial charge < -0.3 is 29.3 Å². The Hall–Kier alpha value is -2.46. The maximum atomic E-state index is 13.0. The van der Waals surface area contributed by atoms with Crippen molar-refractivity contribution in [1.29, 1.82) is 0 Å². The lowest BCUT2D eigenvalue weighted by atomic mass is 10.0. The van der Waals surface area contributed by atoms with E-state index in [1.807, 2.05) is 19.0 Å². The highest BCUT2D eigenvalue weighted by Crippen LogP contribution is 2.14. The number of hydrogen-bond donors (Lipinski definition) is 1. The number of ether oxygens (including phenoxy) is 3. The molecule has 0 heterocycles. The molecule has 2 amide bonds. The van der Waals surface area contributed by atoms with Crippen molar-refractivity contribution in [2.45, 2.75) is 194 Å². The average Bonchev–Trinajstić information content (AvgIpc) is 3.18. The van der Waals surface area contributed by atoms with Crippen molar-refractivity contribution in [3.8, 4) is 0 Å². The Bertz CT molecular complexity index is 911. The van der Waals surface area contributed by atoms with Gasteiger partial charge in [-0.1, -0.05) is 168 Å². The fourth-order valence-electron chi connectivity index (χ4n) is 6.50. The molecule has 10 heteroatoms. The second-order valence-corrected chi connectivity index (χ2v) is 15.8. The summed E-state index contributed by atoms with van der Waals surface area (Å²) in [5.41, 5.74) is 0. The Morgan fingerprint density at radius 3 is 1.21 bits per heavy atom. The molecule has 10 nitrogen and oxygen atoms in total. The van der Waals surface area contributed by atoms with Gasteiger partial charge in [-0.15, -0.1) is 0 Å². The molecule has 0 atom stereocenters. The van der Waals surface area contributed by atoms with E-state index in [9.17, 15) is 19.2 Å². The zero-order valence-electron chi connectivity index (χ0n) is 36.9. The third-order valence-corrected chi connectivity index (χ3v) is 10.1. The topological polar surface area (TPSA) is 114 Å². The lowest BCUT2D eigenvalue weighted by Crippen LogP contribution is -2.36. The second-order valence-electron chi connectivity index (χ2n) is 15.8. The van der Waals surface area contributed by atoms with Crippen LogP contribution in [-0.2, 0) is 33.4 Å². The highest BCUT2D eigenvalue weighted by atomic mass is 16.5. The molecule has 0 aliphatic heterocycles. The molecule has 0 fully saturated rings. The summed E-state index contributed by atoms with van der Waals surface area (Å²) >= 11 is 0. The summed E-state index contributed by atoms with van der Waals surface area (Å²) < 4.78 is 16.4. The van der Waals surface area contributed by atoms with Crippen LogP contribution in [0, 0.1) is 0 Å². The summed E-state index contributed by atoms with van der Waals surface area (Å²) in [7, 11) is 3.93. The predicted octanol–water partition coefficient (Wildman–Crippen LogP) is 10.1. The van der Waals surface area contributed by atoms with Gasteiger partial charge in [0.1, 0.15) is 13.2 Å². The summed E-state index contributed by atoms with van der Waals surface area (Å²) in [4.78, 5) is 53.6. The van der Waals surface area contributed by atoms with Crippen LogP contribution in [-0.4, -0.2) is 100 Å². The van der Waals surface area contributed by atoms with Crippen LogP contribution in [0.4, 0.5) is 0 Å². The van der Waals surface area contributed by atoms with Crippen molar-refractivity contribution in [1.82, 2.24) is 15.1 Å². The molecule has 328 valence electrons. The first-order valence-electron chi connectivity index (χ1n) is 23.1. The zero-order valence-corrected chi connectivity index (χ0v) is 36.9. The van der Waals surface area contributed by atoms with Crippen molar-refractivity contribution in [3.63, 3.8) is 0 Å². The fourth-order valence-corrected chi connectivity index (χ4v) is 6.50. The molecule has 0 aliphatic rings. The van der Waals surface area contributed by atoms with Gasteiger partial charge in [0.25, 0.3) is 0 Å². The van der Waals surface area contributed by atoms with Crippen molar-refractivity contribution in [2.24, 2.45) is 0 Å². The van der Waals surface area contributed by atoms with Crippen molar-refractivity contribution >= 4 is 23.8 Å². The Labute approximate surface area is 344 Å². The van der Waals surface area contributed by atoms with E-state index in [1.54, 1.807) is 0 Å². The molecule has 0 aromatic heterocycles. The minimum atomic E-state index is -0.414. The van der Waals surface area contributed by atoms with Gasteiger partial charge >= 0.3 is 11.9 Å². The van der Waals surface area contributed by atoms with Gasteiger partial charge in [0.15, 0.2) is 0 Å². The molecule has 0 bridgehead atoms. The molecule has 0 saturated heterocycles. The van der Waals surface area contributed by atoms with Crippen LogP contribution in [0.1, 0.15) is 194 Å². The standard InChI is InChI=1S/C46H87N3O7/c1-5-7-9-11-13-15-17-19-21-23-25-27-29-31-45(52)55-41-37-49(44(51)34-33-43(50)47-35-39-54-40-36-48(3)4)38-42-56-46(53)32-30-28-26-24-22-20-18-16-14-12-10-8-6-2/h33-34H,5-32,35-42H2,1-4H3,(H,47,50). The molecule has 0 aromatic carbocycles. The van der Waals surface area contributed by atoms with Gasteiger partial charge in [0, 0.05) is 38.1 Å². The van der Waals surface area contributed by atoms with Gasteiger partial charge in [-0.05, 0) is 26.9 Å². The number of esters is 2. The Morgan fingerprint density at radius 2 is 0.839 bits per heavy atom.